The van der Waals surface area contributed by atoms with Crippen molar-refractivity contribution < 1.29 is 4.74 Å². The first kappa shape index (κ1) is 16.8. The monoisotopic (exact) mass is 321 g/mol. The van der Waals surface area contributed by atoms with E-state index in [0.29, 0.717) is 12.6 Å². The average molecular weight is 321 g/mol. The molecule has 1 aliphatic rings. The van der Waals surface area contributed by atoms with Crippen LogP contribution in [0.5, 0.6) is 5.75 Å². The van der Waals surface area contributed by atoms with Gasteiger partial charge in [0.2, 0.25) is 0 Å². The van der Waals surface area contributed by atoms with E-state index < -0.39 is 0 Å². The van der Waals surface area contributed by atoms with E-state index in [1.54, 1.807) is 5.57 Å². The summed E-state index contributed by atoms with van der Waals surface area (Å²) in [6.07, 6.45) is 7.51. The molecule has 2 nitrogen and oxygen atoms in total. The summed E-state index contributed by atoms with van der Waals surface area (Å²) in [5.74, 6) is 0.925. The van der Waals surface area contributed by atoms with Crippen molar-refractivity contribution in [1.82, 2.24) is 4.90 Å². The Hall–Kier alpha value is -2.06. The number of benzene rings is 2. The van der Waals surface area contributed by atoms with Crippen LogP contribution in [-0.2, 0) is 6.61 Å². The van der Waals surface area contributed by atoms with Crippen molar-refractivity contribution in [3.8, 4) is 5.75 Å². The Morgan fingerprint density at radius 3 is 2.46 bits per heavy atom. The molecule has 0 saturated heterocycles. The van der Waals surface area contributed by atoms with Crippen molar-refractivity contribution in [3.05, 3.63) is 71.3 Å². The molecule has 24 heavy (non-hydrogen) atoms. The number of hydrogen-bond acceptors (Lipinski definition) is 2. The normalized spacial score (nSPS) is 19.6. The van der Waals surface area contributed by atoms with Gasteiger partial charge in [0, 0.05) is 6.04 Å². The van der Waals surface area contributed by atoms with Crippen LogP contribution in [0.4, 0.5) is 0 Å². The fourth-order valence-electron chi connectivity index (χ4n) is 3.39. The van der Waals surface area contributed by atoms with E-state index in [0.717, 1.165) is 5.75 Å². The van der Waals surface area contributed by atoms with Crippen LogP contribution in [0.2, 0.25) is 0 Å². The quantitative estimate of drug-likeness (QED) is 0.755. The summed E-state index contributed by atoms with van der Waals surface area (Å²) in [6, 6.07) is 19.3. The second-order valence-electron chi connectivity index (χ2n) is 6.79. The Balaban J connectivity index is 1.64. The van der Waals surface area contributed by atoms with Gasteiger partial charge in [0.25, 0.3) is 0 Å². The van der Waals surface area contributed by atoms with E-state index in [9.17, 15) is 0 Å². The molecule has 0 radical (unpaired) electrons. The van der Waals surface area contributed by atoms with Gasteiger partial charge < -0.3 is 9.64 Å². The molecule has 0 heterocycles. The van der Waals surface area contributed by atoms with Crippen LogP contribution in [0.3, 0.4) is 0 Å². The first-order valence-corrected chi connectivity index (χ1v) is 8.86. The summed E-state index contributed by atoms with van der Waals surface area (Å²) in [5, 5.41) is 0. The molecule has 0 aromatic heterocycles. The SMILES string of the molecule is CN(C)C1CCCCC1=Cc1ccc(OCc2ccccc2)cc1. The van der Waals surface area contributed by atoms with Crippen molar-refractivity contribution in [1.29, 1.82) is 0 Å². The molecule has 126 valence electrons. The standard InChI is InChI=1S/C22H27NO/c1-23(2)22-11-7-6-10-20(22)16-18-12-14-21(15-13-18)24-17-19-8-4-3-5-9-19/h3-5,8-9,12-16,22H,6-7,10-11,17H2,1-2H3. The highest BCUT2D eigenvalue weighted by molar-refractivity contribution is 5.55. The van der Waals surface area contributed by atoms with E-state index in [2.05, 4.69) is 61.5 Å². The third-order valence-electron chi connectivity index (χ3n) is 4.72. The number of ether oxygens (including phenoxy) is 1. The third kappa shape index (κ3) is 4.48. The third-order valence-corrected chi connectivity index (χ3v) is 4.72. The molecule has 0 aliphatic heterocycles. The lowest BCUT2D eigenvalue weighted by molar-refractivity contribution is 0.285. The minimum absolute atomic E-state index is 0.591. The zero-order valence-corrected chi connectivity index (χ0v) is 14.7. The second-order valence-corrected chi connectivity index (χ2v) is 6.79. The van der Waals surface area contributed by atoms with Crippen LogP contribution in [0.1, 0.15) is 36.8 Å². The molecule has 1 unspecified atom stereocenters. The van der Waals surface area contributed by atoms with E-state index >= 15 is 0 Å². The molecule has 2 aromatic rings. The van der Waals surface area contributed by atoms with Crippen LogP contribution in [-0.4, -0.2) is 25.0 Å². The summed E-state index contributed by atoms with van der Waals surface area (Å²) in [4.78, 5) is 2.35. The Labute approximate surface area is 145 Å². The molecule has 0 N–H and O–H groups in total. The Morgan fingerprint density at radius 2 is 1.75 bits per heavy atom. The molecular formula is C22H27NO. The number of hydrogen-bond donors (Lipinski definition) is 0. The summed E-state index contributed by atoms with van der Waals surface area (Å²) in [6.45, 7) is 0.615. The predicted octanol–water partition coefficient (Wildman–Crippen LogP) is 5.15. The van der Waals surface area contributed by atoms with Crippen LogP contribution >= 0.6 is 0 Å². The van der Waals surface area contributed by atoms with Gasteiger partial charge in [-0.2, -0.15) is 0 Å². The van der Waals surface area contributed by atoms with Crippen molar-refractivity contribution >= 4 is 6.08 Å². The maximum Gasteiger partial charge on any atom is 0.119 e. The Morgan fingerprint density at radius 1 is 1.00 bits per heavy atom. The van der Waals surface area contributed by atoms with Gasteiger partial charge in [-0.25, -0.2) is 0 Å². The Bertz CT molecular complexity index is 658. The topological polar surface area (TPSA) is 12.5 Å². The molecule has 1 fully saturated rings. The van der Waals surface area contributed by atoms with Crippen LogP contribution in [0.15, 0.2) is 60.2 Å². The van der Waals surface area contributed by atoms with Crippen molar-refractivity contribution in [2.75, 3.05) is 14.1 Å². The smallest absolute Gasteiger partial charge is 0.119 e. The zero-order chi connectivity index (χ0) is 16.8. The van der Waals surface area contributed by atoms with E-state index in [1.807, 2.05) is 18.2 Å². The average Bonchev–Trinajstić information content (AvgIpc) is 2.62. The highest BCUT2D eigenvalue weighted by atomic mass is 16.5. The highest BCUT2D eigenvalue weighted by Gasteiger charge is 2.20. The maximum absolute atomic E-state index is 5.87. The molecule has 1 atom stereocenters. The second kappa shape index (κ2) is 8.16. The highest BCUT2D eigenvalue weighted by Crippen LogP contribution is 2.28. The molecule has 0 spiro atoms. The molecule has 0 bridgehead atoms. The molecule has 3 rings (SSSR count). The van der Waals surface area contributed by atoms with Crippen LogP contribution in [0.25, 0.3) is 6.08 Å². The van der Waals surface area contributed by atoms with E-state index in [4.69, 9.17) is 4.74 Å². The summed E-state index contributed by atoms with van der Waals surface area (Å²) >= 11 is 0. The van der Waals surface area contributed by atoms with Gasteiger partial charge in [-0.15, -0.1) is 0 Å². The number of nitrogens with zero attached hydrogens (tertiary/aromatic N) is 1. The van der Waals surface area contributed by atoms with Gasteiger partial charge in [-0.1, -0.05) is 60.5 Å². The summed E-state index contributed by atoms with van der Waals surface area (Å²) in [5.41, 5.74) is 4.02. The largest absolute Gasteiger partial charge is 0.489 e. The minimum Gasteiger partial charge on any atom is -0.489 e. The molecular weight excluding hydrogens is 294 g/mol. The fourth-order valence-corrected chi connectivity index (χ4v) is 3.39. The molecule has 1 aliphatic carbocycles. The molecule has 1 saturated carbocycles. The van der Waals surface area contributed by atoms with Gasteiger partial charge in [0.1, 0.15) is 12.4 Å². The van der Waals surface area contributed by atoms with Gasteiger partial charge in [-0.05, 0) is 56.6 Å². The van der Waals surface area contributed by atoms with Gasteiger partial charge in [0.15, 0.2) is 0 Å². The van der Waals surface area contributed by atoms with Crippen LogP contribution in [0, 0.1) is 0 Å². The lowest BCUT2D eigenvalue weighted by Crippen LogP contribution is -2.31. The van der Waals surface area contributed by atoms with Crippen molar-refractivity contribution in [2.24, 2.45) is 0 Å². The van der Waals surface area contributed by atoms with E-state index in [1.165, 1.54) is 36.8 Å². The first-order chi connectivity index (χ1) is 11.7. The molecule has 0 amide bonds. The predicted molar refractivity (Wildman–Crippen MR) is 101 cm³/mol. The summed E-state index contributed by atoms with van der Waals surface area (Å²) in [7, 11) is 4.37. The van der Waals surface area contributed by atoms with Gasteiger partial charge >= 0.3 is 0 Å². The maximum atomic E-state index is 5.87. The molecule has 2 aromatic carbocycles. The van der Waals surface area contributed by atoms with Gasteiger partial charge in [-0.3, -0.25) is 0 Å². The zero-order valence-electron chi connectivity index (χ0n) is 14.7. The van der Waals surface area contributed by atoms with Crippen molar-refractivity contribution in [3.63, 3.8) is 0 Å². The Kier molecular flexibility index (Phi) is 5.71. The van der Waals surface area contributed by atoms with Gasteiger partial charge in [0.05, 0.1) is 0 Å². The van der Waals surface area contributed by atoms with E-state index in [-0.39, 0.29) is 0 Å². The fraction of sp³-hybridized carbons (Fsp3) is 0.364. The van der Waals surface area contributed by atoms with Crippen molar-refractivity contribution in [2.45, 2.75) is 38.3 Å². The summed E-state index contributed by atoms with van der Waals surface area (Å²) < 4.78 is 5.87. The number of likely N-dealkylation sites (N-methyl/N-ethyl adjacent to an activating group) is 1. The van der Waals surface area contributed by atoms with Crippen LogP contribution < -0.4 is 4.74 Å². The minimum atomic E-state index is 0.591. The molecule has 2 heteroatoms. The number of rotatable bonds is 5. The lowest BCUT2D eigenvalue weighted by atomic mass is 9.88. The first-order valence-electron chi connectivity index (χ1n) is 8.86. The lowest BCUT2D eigenvalue weighted by Gasteiger charge is -2.31.